The molecule has 0 atom stereocenters. The number of hydrogen-bond acceptors (Lipinski definition) is 4. The molecule has 0 bridgehead atoms. The van der Waals surface area contributed by atoms with E-state index < -0.39 is 0 Å². The van der Waals surface area contributed by atoms with E-state index in [2.05, 4.69) is 34.3 Å². The summed E-state index contributed by atoms with van der Waals surface area (Å²) < 4.78 is 5.71. The van der Waals surface area contributed by atoms with Crippen molar-refractivity contribution in [2.24, 2.45) is 0 Å². The van der Waals surface area contributed by atoms with Gasteiger partial charge >= 0.3 is 0 Å². The van der Waals surface area contributed by atoms with E-state index in [0.717, 1.165) is 56.0 Å². The van der Waals surface area contributed by atoms with Crippen molar-refractivity contribution >= 4 is 16.8 Å². The number of nitrogens with zero attached hydrogens (tertiary/aromatic N) is 2. The smallest absolute Gasteiger partial charge is 0.195 e. The normalized spacial score (nSPS) is 16.4. The van der Waals surface area contributed by atoms with E-state index in [4.69, 9.17) is 4.42 Å². The molecule has 3 rings (SSSR count). The average Bonchev–Trinajstić information content (AvgIpc) is 2.81. The highest BCUT2D eigenvalue weighted by Crippen LogP contribution is 2.23. The number of aryl methyl sites for hydroxylation is 1. The van der Waals surface area contributed by atoms with Crippen LogP contribution in [-0.2, 0) is 6.42 Å². The zero-order valence-electron chi connectivity index (χ0n) is 10.8. The molecule has 1 aliphatic rings. The van der Waals surface area contributed by atoms with E-state index >= 15 is 0 Å². The van der Waals surface area contributed by atoms with Gasteiger partial charge in [0.1, 0.15) is 5.52 Å². The molecule has 4 nitrogen and oxygen atoms in total. The van der Waals surface area contributed by atoms with Crippen LogP contribution in [0.4, 0.5) is 5.69 Å². The molecular weight excluding hydrogens is 226 g/mol. The fourth-order valence-corrected chi connectivity index (χ4v) is 2.40. The summed E-state index contributed by atoms with van der Waals surface area (Å²) in [7, 11) is 0. The predicted molar refractivity (Wildman–Crippen MR) is 73.1 cm³/mol. The Balaban J connectivity index is 1.89. The minimum atomic E-state index is 0.852. The Morgan fingerprint density at radius 1 is 1.33 bits per heavy atom. The molecule has 4 heteroatoms. The third-order valence-corrected chi connectivity index (χ3v) is 3.36. The van der Waals surface area contributed by atoms with Gasteiger partial charge in [-0.25, -0.2) is 4.98 Å². The second-order valence-corrected chi connectivity index (χ2v) is 4.75. The first-order valence-corrected chi connectivity index (χ1v) is 6.72. The SMILES string of the molecule is CCCc1nc2cc(N3CCNCC3)ccc2o1. The zero-order valence-corrected chi connectivity index (χ0v) is 10.8. The topological polar surface area (TPSA) is 41.3 Å². The first-order valence-electron chi connectivity index (χ1n) is 6.72. The Kier molecular flexibility index (Phi) is 3.19. The van der Waals surface area contributed by atoms with Crippen molar-refractivity contribution in [3.63, 3.8) is 0 Å². The summed E-state index contributed by atoms with van der Waals surface area (Å²) in [4.78, 5) is 6.94. The van der Waals surface area contributed by atoms with Crippen LogP contribution in [0.1, 0.15) is 19.2 Å². The standard InChI is InChI=1S/C14H19N3O/c1-2-3-14-16-12-10-11(4-5-13(12)18-14)17-8-6-15-7-9-17/h4-5,10,15H,2-3,6-9H2,1H3. The van der Waals surface area contributed by atoms with Crippen molar-refractivity contribution in [3.8, 4) is 0 Å². The summed E-state index contributed by atoms with van der Waals surface area (Å²) in [6.45, 7) is 6.37. The van der Waals surface area contributed by atoms with Crippen LogP contribution in [0.15, 0.2) is 22.6 Å². The molecule has 1 aromatic carbocycles. The molecule has 2 aromatic rings. The summed E-state index contributed by atoms with van der Waals surface area (Å²) in [5.41, 5.74) is 3.13. The van der Waals surface area contributed by atoms with Crippen molar-refractivity contribution in [1.29, 1.82) is 0 Å². The molecule has 1 aliphatic heterocycles. The Morgan fingerprint density at radius 2 is 2.17 bits per heavy atom. The maximum absolute atomic E-state index is 5.71. The first kappa shape index (κ1) is 11.5. The van der Waals surface area contributed by atoms with E-state index in [1.165, 1.54) is 5.69 Å². The number of rotatable bonds is 3. The van der Waals surface area contributed by atoms with Crippen LogP contribution in [0.2, 0.25) is 0 Å². The molecule has 1 fully saturated rings. The van der Waals surface area contributed by atoms with Gasteiger partial charge < -0.3 is 14.6 Å². The number of benzene rings is 1. The lowest BCUT2D eigenvalue weighted by Gasteiger charge is -2.29. The van der Waals surface area contributed by atoms with E-state index in [1.807, 2.05) is 6.07 Å². The molecule has 2 heterocycles. The Labute approximate surface area is 107 Å². The van der Waals surface area contributed by atoms with Crippen LogP contribution < -0.4 is 10.2 Å². The molecule has 0 amide bonds. The third-order valence-electron chi connectivity index (χ3n) is 3.36. The second kappa shape index (κ2) is 4.98. The fourth-order valence-electron chi connectivity index (χ4n) is 2.40. The van der Waals surface area contributed by atoms with Crippen LogP contribution in [0.5, 0.6) is 0 Å². The average molecular weight is 245 g/mol. The van der Waals surface area contributed by atoms with Gasteiger partial charge in [-0.15, -0.1) is 0 Å². The number of hydrogen-bond donors (Lipinski definition) is 1. The lowest BCUT2D eigenvalue weighted by Crippen LogP contribution is -2.43. The number of fused-ring (bicyclic) bond motifs is 1. The van der Waals surface area contributed by atoms with Crippen LogP contribution >= 0.6 is 0 Å². The molecule has 18 heavy (non-hydrogen) atoms. The highest BCUT2D eigenvalue weighted by molar-refractivity contribution is 5.77. The van der Waals surface area contributed by atoms with Crippen LogP contribution in [0.25, 0.3) is 11.1 Å². The maximum atomic E-state index is 5.71. The molecule has 0 saturated carbocycles. The summed E-state index contributed by atoms with van der Waals surface area (Å²) in [6, 6.07) is 6.32. The van der Waals surface area contributed by atoms with Gasteiger partial charge in [-0.3, -0.25) is 0 Å². The highest BCUT2D eigenvalue weighted by atomic mass is 16.3. The van der Waals surface area contributed by atoms with Gasteiger partial charge in [-0.2, -0.15) is 0 Å². The maximum Gasteiger partial charge on any atom is 0.195 e. The zero-order chi connectivity index (χ0) is 12.4. The van der Waals surface area contributed by atoms with Crippen molar-refractivity contribution in [2.75, 3.05) is 31.1 Å². The molecular formula is C14H19N3O. The van der Waals surface area contributed by atoms with Crippen LogP contribution in [-0.4, -0.2) is 31.2 Å². The number of oxazole rings is 1. The van der Waals surface area contributed by atoms with E-state index in [-0.39, 0.29) is 0 Å². The van der Waals surface area contributed by atoms with Gasteiger partial charge in [-0.1, -0.05) is 6.92 Å². The number of nitrogens with one attached hydrogen (secondary N) is 1. The Bertz CT molecular complexity index is 529. The van der Waals surface area contributed by atoms with Crippen molar-refractivity contribution in [2.45, 2.75) is 19.8 Å². The van der Waals surface area contributed by atoms with Gasteiger partial charge in [-0.05, 0) is 24.6 Å². The number of aromatic nitrogens is 1. The monoisotopic (exact) mass is 245 g/mol. The summed E-state index contributed by atoms with van der Waals surface area (Å²) in [5, 5.41) is 3.37. The fraction of sp³-hybridized carbons (Fsp3) is 0.500. The minimum absolute atomic E-state index is 0.852. The van der Waals surface area contributed by atoms with Gasteiger partial charge in [0.2, 0.25) is 0 Å². The molecule has 0 radical (unpaired) electrons. The van der Waals surface area contributed by atoms with E-state index in [1.54, 1.807) is 0 Å². The van der Waals surface area contributed by atoms with Crippen molar-refractivity contribution in [3.05, 3.63) is 24.1 Å². The summed E-state index contributed by atoms with van der Waals surface area (Å²) >= 11 is 0. The van der Waals surface area contributed by atoms with Crippen molar-refractivity contribution in [1.82, 2.24) is 10.3 Å². The highest BCUT2D eigenvalue weighted by Gasteiger charge is 2.12. The largest absolute Gasteiger partial charge is 0.441 e. The van der Waals surface area contributed by atoms with E-state index in [0.29, 0.717) is 0 Å². The molecule has 1 saturated heterocycles. The molecule has 96 valence electrons. The second-order valence-electron chi connectivity index (χ2n) is 4.75. The van der Waals surface area contributed by atoms with Crippen LogP contribution in [0.3, 0.4) is 0 Å². The van der Waals surface area contributed by atoms with Gasteiger partial charge in [0, 0.05) is 38.3 Å². The lowest BCUT2D eigenvalue weighted by molar-refractivity contribution is 0.525. The Morgan fingerprint density at radius 3 is 2.94 bits per heavy atom. The molecule has 0 spiro atoms. The number of piperazine rings is 1. The molecule has 0 unspecified atom stereocenters. The molecule has 1 N–H and O–H groups in total. The van der Waals surface area contributed by atoms with Crippen molar-refractivity contribution < 1.29 is 4.42 Å². The van der Waals surface area contributed by atoms with Gasteiger partial charge in [0.05, 0.1) is 0 Å². The summed E-state index contributed by atoms with van der Waals surface area (Å²) in [5.74, 6) is 0.852. The van der Waals surface area contributed by atoms with Gasteiger partial charge in [0.25, 0.3) is 0 Å². The molecule has 0 aliphatic carbocycles. The summed E-state index contributed by atoms with van der Waals surface area (Å²) in [6.07, 6.45) is 1.98. The third kappa shape index (κ3) is 2.20. The van der Waals surface area contributed by atoms with Gasteiger partial charge in [0.15, 0.2) is 11.5 Å². The number of anilines is 1. The quantitative estimate of drug-likeness (QED) is 0.900. The predicted octanol–water partition coefficient (Wildman–Crippen LogP) is 2.19. The van der Waals surface area contributed by atoms with Crippen LogP contribution in [0, 0.1) is 0 Å². The minimum Gasteiger partial charge on any atom is -0.441 e. The lowest BCUT2D eigenvalue weighted by atomic mass is 10.2. The Hall–Kier alpha value is -1.55. The molecule has 1 aromatic heterocycles. The first-order chi connectivity index (χ1) is 8.86. The van der Waals surface area contributed by atoms with E-state index in [9.17, 15) is 0 Å².